The summed E-state index contributed by atoms with van der Waals surface area (Å²) in [6.45, 7) is 8.86. The Morgan fingerprint density at radius 2 is 2.35 bits per heavy atom. The number of amides is 1. The summed E-state index contributed by atoms with van der Waals surface area (Å²) in [5.41, 5.74) is 0. The van der Waals surface area contributed by atoms with Gasteiger partial charge in [-0.25, -0.2) is 4.98 Å². The predicted molar refractivity (Wildman–Crippen MR) is 77.5 cm³/mol. The largest absolute Gasteiger partial charge is 0.336 e. The predicted octanol–water partition coefficient (Wildman–Crippen LogP) is 1.22. The van der Waals surface area contributed by atoms with E-state index >= 15 is 0 Å². The van der Waals surface area contributed by atoms with Gasteiger partial charge in [0.2, 0.25) is 5.82 Å². The van der Waals surface area contributed by atoms with Crippen LogP contribution in [0.3, 0.4) is 0 Å². The van der Waals surface area contributed by atoms with E-state index < -0.39 is 0 Å². The Bertz CT molecular complexity index is 443. The lowest BCUT2D eigenvalue weighted by Crippen LogP contribution is -2.44. The van der Waals surface area contributed by atoms with Crippen LogP contribution in [-0.4, -0.2) is 51.7 Å². The number of nitrogens with zero attached hydrogens (tertiary/aromatic N) is 3. The Labute approximate surface area is 120 Å². The van der Waals surface area contributed by atoms with E-state index in [1.54, 1.807) is 0 Å². The van der Waals surface area contributed by atoms with Crippen LogP contribution in [0.15, 0.2) is 0 Å². The molecular weight excluding hydrogens is 254 g/mol. The molecule has 20 heavy (non-hydrogen) atoms. The van der Waals surface area contributed by atoms with E-state index in [1.165, 1.54) is 6.42 Å². The van der Waals surface area contributed by atoms with Crippen LogP contribution >= 0.6 is 0 Å². The molecule has 1 aliphatic heterocycles. The number of hydrogen-bond acceptors (Lipinski definition) is 4. The van der Waals surface area contributed by atoms with Gasteiger partial charge in [0.15, 0.2) is 0 Å². The van der Waals surface area contributed by atoms with E-state index in [9.17, 15) is 4.79 Å². The number of nitrogens with one attached hydrogen (secondary N) is 2. The molecule has 2 rings (SSSR count). The van der Waals surface area contributed by atoms with Gasteiger partial charge in [0.05, 0.1) is 0 Å². The molecule has 1 fully saturated rings. The summed E-state index contributed by atoms with van der Waals surface area (Å²) >= 11 is 0. The first-order valence-electron chi connectivity index (χ1n) is 7.54. The minimum absolute atomic E-state index is 0.0461. The van der Waals surface area contributed by atoms with Crippen molar-refractivity contribution in [1.82, 2.24) is 25.4 Å². The summed E-state index contributed by atoms with van der Waals surface area (Å²) in [4.78, 5) is 18.5. The molecule has 1 aromatic rings. The number of aromatic nitrogens is 3. The molecule has 1 aromatic heterocycles. The van der Waals surface area contributed by atoms with Crippen LogP contribution in [0.1, 0.15) is 50.1 Å². The van der Waals surface area contributed by atoms with Gasteiger partial charge in [-0.2, -0.15) is 0 Å². The van der Waals surface area contributed by atoms with Crippen LogP contribution < -0.4 is 5.32 Å². The maximum atomic E-state index is 12.4. The second-order valence-electron chi connectivity index (χ2n) is 5.78. The van der Waals surface area contributed by atoms with Crippen LogP contribution in [0, 0.1) is 5.92 Å². The quantitative estimate of drug-likeness (QED) is 0.850. The van der Waals surface area contributed by atoms with E-state index in [0.717, 1.165) is 38.3 Å². The van der Waals surface area contributed by atoms with Gasteiger partial charge in [0.1, 0.15) is 5.82 Å². The molecule has 2 heterocycles. The highest BCUT2D eigenvalue weighted by atomic mass is 16.2. The highest BCUT2D eigenvalue weighted by molar-refractivity contribution is 5.90. The molecule has 0 radical (unpaired) electrons. The van der Waals surface area contributed by atoms with Crippen molar-refractivity contribution in [2.45, 2.75) is 46.1 Å². The van der Waals surface area contributed by atoms with Gasteiger partial charge in [-0.05, 0) is 25.3 Å². The van der Waals surface area contributed by atoms with Crippen molar-refractivity contribution in [3.8, 4) is 0 Å². The highest BCUT2D eigenvalue weighted by Gasteiger charge is 2.26. The first kappa shape index (κ1) is 15.0. The molecule has 0 spiro atoms. The topological polar surface area (TPSA) is 73.9 Å². The van der Waals surface area contributed by atoms with Crippen molar-refractivity contribution in [2.75, 3.05) is 19.6 Å². The fraction of sp³-hybridized carbons (Fsp3) is 0.786. The average Bonchev–Trinajstić information content (AvgIpc) is 2.93. The number of piperidine rings is 1. The minimum atomic E-state index is -0.0461. The Morgan fingerprint density at radius 1 is 1.55 bits per heavy atom. The third-order valence-electron chi connectivity index (χ3n) is 3.68. The van der Waals surface area contributed by atoms with Crippen LogP contribution in [-0.2, 0) is 6.42 Å². The van der Waals surface area contributed by atoms with E-state index in [4.69, 9.17) is 0 Å². The van der Waals surface area contributed by atoms with Gasteiger partial charge in [-0.15, -0.1) is 5.10 Å². The third kappa shape index (κ3) is 3.79. The number of carbonyl (C=O) groups is 1. The maximum absolute atomic E-state index is 12.4. The second-order valence-corrected chi connectivity index (χ2v) is 5.78. The summed E-state index contributed by atoms with van der Waals surface area (Å²) < 4.78 is 0. The standard InChI is InChI=1S/C14H25N5O/c1-4-12-16-13(18-17-12)14(20)19-7-5-6-11(9-19)8-15-10(2)3/h10-11,15H,4-9H2,1-3H3,(H,16,17,18). The van der Waals surface area contributed by atoms with Crippen molar-refractivity contribution < 1.29 is 4.79 Å². The monoisotopic (exact) mass is 279 g/mol. The molecule has 0 bridgehead atoms. The molecule has 1 aliphatic rings. The molecule has 6 nitrogen and oxygen atoms in total. The van der Waals surface area contributed by atoms with Gasteiger partial charge in [0.25, 0.3) is 5.91 Å². The molecule has 1 saturated heterocycles. The van der Waals surface area contributed by atoms with Crippen molar-refractivity contribution in [1.29, 1.82) is 0 Å². The van der Waals surface area contributed by atoms with Crippen LogP contribution in [0.5, 0.6) is 0 Å². The Morgan fingerprint density at radius 3 is 3.00 bits per heavy atom. The Balaban J connectivity index is 1.92. The zero-order valence-electron chi connectivity index (χ0n) is 12.6. The molecule has 2 N–H and O–H groups in total. The number of carbonyl (C=O) groups excluding carboxylic acids is 1. The molecule has 1 unspecified atom stereocenters. The zero-order valence-corrected chi connectivity index (χ0v) is 12.6. The van der Waals surface area contributed by atoms with E-state index in [1.807, 2.05) is 11.8 Å². The molecule has 112 valence electrons. The Hall–Kier alpha value is -1.43. The molecular formula is C14H25N5O. The summed E-state index contributed by atoms with van der Waals surface area (Å²) in [6.07, 6.45) is 3.00. The first-order chi connectivity index (χ1) is 9.60. The number of hydrogen-bond donors (Lipinski definition) is 2. The average molecular weight is 279 g/mol. The number of rotatable bonds is 5. The van der Waals surface area contributed by atoms with Crippen LogP contribution in [0.4, 0.5) is 0 Å². The zero-order chi connectivity index (χ0) is 14.5. The second kappa shape index (κ2) is 6.83. The first-order valence-corrected chi connectivity index (χ1v) is 7.54. The number of H-pyrrole nitrogens is 1. The van der Waals surface area contributed by atoms with Crippen molar-refractivity contribution in [3.63, 3.8) is 0 Å². The summed E-state index contributed by atoms with van der Waals surface area (Å²) in [7, 11) is 0. The highest BCUT2D eigenvalue weighted by Crippen LogP contribution is 2.17. The molecule has 6 heteroatoms. The van der Waals surface area contributed by atoms with Gasteiger partial charge in [-0.3, -0.25) is 9.89 Å². The lowest BCUT2D eigenvalue weighted by Gasteiger charge is -2.32. The van der Waals surface area contributed by atoms with Crippen LogP contribution in [0.2, 0.25) is 0 Å². The van der Waals surface area contributed by atoms with E-state index in [2.05, 4.69) is 34.3 Å². The number of likely N-dealkylation sites (tertiary alicyclic amines) is 1. The van der Waals surface area contributed by atoms with Gasteiger partial charge in [0, 0.05) is 25.6 Å². The normalized spacial score (nSPS) is 19.6. The summed E-state index contributed by atoms with van der Waals surface area (Å²) in [5, 5.41) is 10.3. The smallest absolute Gasteiger partial charge is 0.293 e. The van der Waals surface area contributed by atoms with Crippen molar-refractivity contribution in [3.05, 3.63) is 11.6 Å². The number of aryl methyl sites for hydroxylation is 1. The molecule has 1 amide bonds. The minimum Gasteiger partial charge on any atom is -0.336 e. The fourth-order valence-corrected chi connectivity index (χ4v) is 2.51. The summed E-state index contributed by atoms with van der Waals surface area (Å²) in [5.74, 6) is 1.55. The SMILES string of the molecule is CCc1nc(C(=O)N2CCCC(CNC(C)C)C2)n[nH]1. The Kier molecular flexibility index (Phi) is 5.11. The fourth-order valence-electron chi connectivity index (χ4n) is 2.51. The van der Waals surface area contributed by atoms with Crippen molar-refractivity contribution >= 4 is 5.91 Å². The van der Waals surface area contributed by atoms with Crippen molar-refractivity contribution in [2.24, 2.45) is 5.92 Å². The van der Waals surface area contributed by atoms with Gasteiger partial charge in [-0.1, -0.05) is 20.8 Å². The molecule has 0 aromatic carbocycles. The molecule has 0 aliphatic carbocycles. The lowest BCUT2D eigenvalue weighted by atomic mass is 9.97. The number of aromatic amines is 1. The molecule has 0 saturated carbocycles. The maximum Gasteiger partial charge on any atom is 0.293 e. The summed E-state index contributed by atoms with van der Waals surface area (Å²) in [6, 6.07) is 0.487. The molecule has 1 atom stereocenters. The lowest BCUT2D eigenvalue weighted by molar-refractivity contribution is 0.0660. The van der Waals surface area contributed by atoms with E-state index in [0.29, 0.717) is 17.8 Å². The van der Waals surface area contributed by atoms with E-state index in [-0.39, 0.29) is 5.91 Å². The van der Waals surface area contributed by atoms with Crippen LogP contribution in [0.25, 0.3) is 0 Å². The van der Waals surface area contributed by atoms with Gasteiger partial charge >= 0.3 is 0 Å². The van der Waals surface area contributed by atoms with Gasteiger partial charge < -0.3 is 10.2 Å². The third-order valence-corrected chi connectivity index (χ3v) is 3.68.